The molecule has 0 heterocycles. The van der Waals surface area contributed by atoms with E-state index in [2.05, 4.69) is 0 Å². The van der Waals surface area contributed by atoms with Gasteiger partial charge in [0.05, 0.1) is 0 Å². The van der Waals surface area contributed by atoms with Crippen molar-refractivity contribution in [1.29, 1.82) is 0 Å². The standard InChI is InChI=1S/C6H13NO3/c1-4(2)3-5(7-10)6(8)9/h4-5,7,10H,3H2,1-2H3,(H,8,9)/t5-/m1/s1. The van der Waals surface area contributed by atoms with Crippen molar-refractivity contribution in [2.45, 2.75) is 26.3 Å². The summed E-state index contributed by atoms with van der Waals surface area (Å²) in [5, 5.41) is 16.7. The second-order valence-corrected chi connectivity index (χ2v) is 2.65. The van der Waals surface area contributed by atoms with Gasteiger partial charge in [-0.05, 0) is 12.3 Å². The van der Waals surface area contributed by atoms with Crippen LogP contribution in [0.25, 0.3) is 0 Å². The third-order valence-corrected chi connectivity index (χ3v) is 1.16. The van der Waals surface area contributed by atoms with Crippen molar-refractivity contribution in [1.82, 2.24) is 5.48 Å². The van der Waals surface area contributed by atoms with Gasteiger partial charge in [-0.25, -0.2) is 0 Å². The van der Waals surface area contributed by atoms with Gasteiger partial charge in [-0.3, -0.25) is 4.79 Å². The van der Waals surface area contributed by atoms with E-state index in [9.17, 15) is 4.79 Å². The van der Waals surface area contributed by atoms with E-state index in [1.807, 2.05) is 13.8 Å². The van der Waals surface area contributed by atoms with Crippen LogP contribution in [-0.4, -0.2) is 22.3 Å². The van der Waals surface area contributed by atoms with Crippen LogP contribution in [0.5, 0.6) is 0 Å². The zero-order valence-electron chi connectivity index (χ0n) is 6.16. The van der Waals surface area contributed by atoms with Crippen LogP contribution < -0.4 is 5.48 Å². The van der Waals surface area contributed by atoms with Crippen LogP contribution in [0, 0.1) is 5.92 Å². The lowest BCUT2D eigenvalue weighted by Crippen LogP contribution is -2.35. The molecule has 60 valence electrons. The smallest absolute Gasteiger partial charge is 0.323 e. The molecular weight excluding hydrogens is 134 g/mol. The molecule has 4 nitrogen and oxygen atoms in total. The first-order valence-electron chi connectivity index (χ1n) is 3.20. The predicted molar refractivity (Wildman–Crippen MR) is 35.8 cm³/mol. The second-order valence-electron chi connectivity index (χ2n) is 2.65. The summed E-state index contributed by atoms with van der Waals surface area (Å²) in [6.45, 7) is 3.79. The maximum atomic E-state index is 10.2. The number of hydrogen-bond donors (Lipinski definition) is 3. The zero-order valence-corrected chi connectivity index (χ0v) is 6.16. The lowest BCUT2D eigenvalue weighted by Gasteiger charge is -2.11. The minimum atomic E-state index is -1.02. The molecule has 0 aromatic rings. The Morgan fingerprint density at radius 1 is 1.60 bits per heavy atom. The molecule has 3 N–H and O–H groups in total. The molecule has 0 bridgehead atoms. The highest BCUT2D eigenvalue weighted by Crippen LogP contribution is 2.03. The Labute approximate surface area is 59.8 Å². The Morgan fingerprint density at radius 2 is 2.10 bits per heavy atom. The fourth-order valence-corrected chi connectivity index (χ4v) is 0.680. The van der Waals surface area contributed by atoms with Crippen LogP contribution in [0.3, 0.4) is 0 Å². The summed E-state index contributed by atoms with van der Waals surface area (Å²) in [5.41, 5.74) is 1.73. The molecule has 0 unspecified atom stereocenters. The maximum absolute atomic E-state index is 10.2. The molecule has 0 spiro atoms. The zero-order chi connectivity index (χ0) is 8.15. The lowest BCUT2D eigenvalue weighted by molar-refractivity contribution is -0.142. The third-order valence-electron chi connectivity index (χ3n) is 1.16. The molecule has 0 aromatic carbocycles. The Hall–Kier alpha value is -0.610. The molecule has 0 aliphatic heterocycles. The first kappa shape index (κ1) is 9.39. The summed E-state index contributed by atoms with van der Waals surface area (Å²) in [6, 6.07) is -0.833. The van der Waals surface area contributed by atoms with E-state index in [-0.39, 0.29) is 5.92 Å². The van der Waals surface area contributed by atoms with Crippen molar-refractivity contribution in [2.75, 3.05) is 0 Å². The van der Waals surface area contributed by atoms with Crippen molar-refractivity contribution < 1.29 is 15.1 Å². The van der Waals surface area contributed by atoms with Crippen LogP contribution in [0.2, 0.25) is 0 Å². The molecule has 0 aliphatic carbocycles. The highest BCUT2D eigenvalue weighted by atomic mass is 16.5. The van der Waals surface area contributed by atoms with E-state index in [4.69, 9.17) is 10.3 Å². The van der Waals surface area contributed by atoms with Gasteiger partial charge in [-0.15, -0.1) is 0 Å². The topological polar surface area (TPSA) is 69.6 Å². The van der Waals surface area contributed by atoms with E-state index < -0.39 is 12.0 Å². The highest BCUT2D eigenvalue weighted by molar-refractivity contribution is 5.73. The van der Waals surface area contributed by atoms with E-state index in [1.54, 1.807) is 5.48 Å². The molecule has 0 saturated heterocycles. The third kappa shape index (κ3) is 3.42. The average molecular weight is 147 g/mol. The minimum Gasteiger partial charge on any atom is -0.480 e. The van der Waals surface area contributed by atoms with Crippen molar-refractivity contribution in [3.8, 4) is 0 Å². The molecule has 0 aromatic heterocycles. The van der Waals surface area contributed by atoms with Gasteiger partial charge in [0.1, 0.15) is 6.04 Å². The molecule has 4 heteroatoms. The van der Waals surface area contributed by atoms with Crippen molar-refractivity contribution in [3.63, 3.8) is 0 Å². The second kappa shape index (κ2) is 4.24. The largest absolute Gasteiger partial charge is 0.480 e. The summed E-state index contributed by atoms with van der Waals surface area (Å²) < 4.78 is 0. The number of carboxylic acid groups (broad SMARTS) is 1. The Balaban J connectivity index is 3.72. The normalized spacial score (nSPS) is 13.6. The SMILES string of the molecule is CC(C)C[C@@H](NO)C(=O)O. The van der Waals surface area contributed by atoms with Crippen LogP contribution >= 0.6 is 0 Å². The van der Waals surface area contributed by atoms with Crippen molar-refractivity contribution in [2.24, 2.45) is 5.92 Å². The van der Waals surface area contributed by atoms with Gasteiger partial charge in [0.15, 0.2) is 0 Å². The van der Waals surface area contributed by atoms with E-state index in [0.717, 1.165) is 0 Å². The number of aliphatic carboxylic acids is 1. The quantitative estimate of drug-likeness (QED) is 0.505. The van der Waals surface area contributed by atoms with E-state index >= 15 is 0 Å². The number of carboxylic acids is 1. The molecule has 1 atom stereocenters. The van der Waals surface area contributed by atoms with Crippen LogP contribution in [-0.2, 0) is 4.79 Å². The Kier molecular flexibility index (Phi) is 3.99. The van der Waals surface area contributed by atoms with Gasteiger partial charge < -0.3 is 10.3 Å². The maximum Gasteiger partial charge on any atom is 0.323 e. The van der Waals surface area contributed by atoms with E-state index in [1.165, 1.54) is 0 Å². The van der Waals surface area contributed by atoms with Crippen molar-refractivity contribution >= 4 is 5.97 Å². The molecular formula is C6H13NO3. The number of nitrogens with one attached hydrogen (secondary N) is 1. The Bertz CT molecular complexity index is 114. The molecule has 0 amide bonds. The van der Waals surface area contributed by atoms with Crippen molar-refractivity contribution in [3.05, 3.63) is 0 Å². The summed E-state index contributed by atoms with van der Waals surface area (Å²) in [6.07, 6.45) is 0.436. The highest BCUT2D eigenvalue weighted by Gasteiger charge is 2.16. The van der Waals surface area contributed by atoms with Gasteiger partial charge in [0.2, 0.25) is 0 Å². The minimum absolute atomic E-state index is 0.265. The summed E-state index contributed by atoms with van der Waals surface area (Å²) >= 11 is 0. The van der Waals surface area contributed by atoms with Gasteiger partial charge in [-0.1, -0.05) is 13.8 Å². The van der Waals surface area contributed by atoms with Gasteiger partial charge in [0.25, 0.3) is 0 Å². The predicted octanol–water partition coefficient (Wildman–Crippen LogP) is 0.464. The van der Waals surface area contributed by atoms with Gasteiger partial charge in [-0.2, -0.15) is 5.48 Å². The van der Waals surface area contributed by atoms with Gasteiger partial charge >= 0.3 is 5.97 Å². The number of rotatable bonds is 4. The number of hydroxylamine groups is 1. The fourth-order valence-electron chi connectivity index (χ4n) is 0.680. The van der Waals surface area contributed by atoms with Crippen LogP contribution in [0.15, 0.2) is 0 Å². The molecule has 10 heavy (non-hydrogen) atoms. The fraction of sp³-hybridized carbons (Fsp3) is 0.833. The van der Waals surface area contributed by atoms with Gasteiger partial charge in [0, 0.05) is 0 Å². The Morgan fingerprint density at radius 3 is 2.20 bits per heavy atom. The molecule has 0 rings (SSSR count). The average Bonchev–Trinajstić information content (AvgIpc) is 1.81. The molecule has 0 radical (unpaired) electrons. The first-order chi connectivity index (χ1) is 4.57. The number of hydrogen-bond acceptors (Lipinski definition) is 3. The molecule has 0 fully saturated rings. The monoisotopic (exact) mass is 147 g/mol. The van der Waals surface area contributed by atoms with E-state index in [0.29, 0.717) is 6.42 Å². The molecule has 0 aliphatic rings. The van der Waals surface area contributed by atoms with Crippen LogP contribution in [0.4, 0.5) is 0 Å². The van der Waals surface area contributed by atoms with Crippen LogP contribution in [0.1, 0.15) is 20.3 Å². The summed E-state index contributed by atoms with van der Waals surface area (Å²) in [5.74, 6) is -0.753. The lowest BCUT2D eigenvalue weighted by atomic mass is 10.1. The number of carbonyl (C=O) groups is 1. The summed E-state index contributed by atoms with van der Waals surface area (Å²) in [7, 11) is 0. The summed E-state index contributed by atoms with van der Waals surface area (Å²) in [4.78, 5) is 10.2. The first-order valence-corrected chi connectivity index (χ1v) is 3.20. The molecule has 0 saturated carbocycles.